The molecule has 5 atom stereocenters. The first-order chi connectivity index (χ1) is 14.8. The van der Waals surface area contributed by atoms with Crippen molar-refractivity contribution >= 4 is 29.1 Å². The Morgan fingerprint density at radius 1 is 1.22 bits per heavy atom. The number of fused-ring (bicyclic) bond motifs is 3. The standard InChI is InChI=1S/C21H21ClN2O8/c1-24(2)14-7-5-6-10(16(27)12-9(25)4-3-8(22)11(12)15(6)26)18(29)21(7,32)19(30)13(17(14)28)20(23)31/h3-4,6-7,14-15,25-26,28-29,32H,5H2,1-2H3,(H2,23,31)/t6-,7-,14?,15-,21-/m0/s1. The lowest BCUT2D eigenvalue weighted by Crippen LogP contribution is -2.64. The molecule has 1 aromatic carbocycles. The van der Waals surface area contributed by atoms with E-state index in [1.807, 2.05) is 0 Å². The van der Waals surface area contributed by atoms with Gasteiger partial charge < -0.3 is 31.3 Å². The van der Waals surface area contributed by atoms with E-state index in [0.717, 1.165) is 6.07 Å². The molecule has 11 heteroatoms. The van der Waals surface area contributed by atoms with Crippen LogP contribution in [0.15, 0.2) is 34.8 Å². The van der Waals surface area contributed by atoms with Crippen molar-refractivity contribution in [1.29, 1.82) is 0 Å². The molecule has 170 valence electrons. The molecule has 0 heterocycles. The van der Waals surface area contributed by atoms with Crippen LogP contribution < -0.4 is 5.73 Å². The van der Waals surface area contributed by atoms with Crippen molar-refractivity contribution in [2.45, 2.75) is 24.2 Å². The maximum atomic E-state index is 13.3. The molecule has 3 aliphatic carbocycles. The smallest absolute Gasteiger partial charge is 0.255 e. The van der Waals surface area contributed by atoms with E-state index in [0.29, 0.717) is 0 Å². The Hall–Kier alpha value is -2.92. The van der Waals surface area contributed by atoms with Gasteiger partial charge in [-0.2, -0.15) is 0 Å². The fraction of sp³-hybridized carbons (Fsp3) is 0.381. The molecular formula is C21H21ClN2O8. The summed E-state index contributed by atoms with van der Waals surface area (Å²) in [4.78, 5) is 39.7. The quantitative estimate of drug-likeness (QED) is 0.334. The highest BCUT2D eigenvalue weighted by Gasteiger charge is 2.64. The number of phenolic OH excluding ortho intramolecular Hbond substituents is 1. The molecule has 10 nitrogen and oxygen atoms in total. The highest BCUT2D eigenvalue weighted by atomic mass is 35.5. The number of halogens is 1. The van der Waals surface area contributed by atoms with E-state index >= 15 is 0 Å². The number of aromatic hydroxyl groups is 1. The maximum Gasteiger partial charge on any atom is 0.255 e. The first kappa shape index (κ1) is 22.3. The van der Waals surface area contributed by atoms with Crippen molar-refractivity contribution in [3.05, 3.63) is 50.9 Å². The number of Topliss-reactive ketones (excluding diaryl/α,β-unsaturated/α-hetero) is 2. The van der Waals surface area contributed by atoms with E-state index in [4.69, 9.17) is 17.3 Å². The molecule has 4 rings (SSSR count). The van der Waals surface area contributed by atoms with E-state index in [1.54, 1.807) is 0 Å². The van der Waals surface area contributed by atoms with Crippen LogP contribution in [0.1, 0.15) is 28.4 Å². The van der Waals surface area contributed by atoms with Crippen molar-refractivity contribution in [1.82, 2.24) is 4.90 Å². The minimum absolute atomic E-state index is 0.0145. The summed E-state index contributed by atoms with van der Waals surface area (Å²) in [6.45, 7) is 0. The largest absolute Gasteiger partial charge is 0.510 e. The van der Waals surface area contributed by atoms with Gasteiger partial charge in [0, 0.05) is 28.0 Å². The summed E-state index contributed by atoms with van der Waals surface area (Å²) in [5, 5.41) is 54.5. The van der Waals surface area contributed by atoms with Crippen LogP contribution in [0.3, 0.4) is 0 Å². The first-order valence-electron chi connectivity index (χ1n) is 9.69. The molecule has 1 amide bonds. The predicted molar refractivity (Wildman–Crippen MR) is 110 cm³/mol. The molecule has 1 unspecified atom stereocenters. The van der Waals surface area contributed by atoms with Crippen molar-refractivity contribution in [2.75, 3.05) is 14.1 Å². The summed E-state index contributed by atoms with van der Waals surface area (Å²) in [6.07, 6.45) is -1.70. The Morgan fingerprint density at radius 3 is 2.41 bits per heavy atom. The van der Waals surface area contributed by atoms with Gasteiger partial charge in [0.1, 0.15) is 22.8 Å². The van der Waals surface area contributed by atoms with Crippen molar-refractivity contribution in [3.63, 3.8) is 0 Å². The van der Waals surface area contributed by atoms with Gasteiger partial charge in [-0.3, -0.25) is 19.3 Å². The number of phenols is 1. The minimum atomic E-state index is -2.77. The Labute approximate surface area is 186 Å². The molecule has 0 fully saturated rings. The second-order valence-corrected chi connectivity index (χ2v) is 8.88. The second-order valence-electron chi connectivity index (χ2n) is 8.47. The Bertz CT molecular complexity index is 1160. The summed E-state index contributed by atoms with van der Waals surface area (Å²) in [5.41, 5.74) is 0.739. The molecule has 0 bridgehead atoms. The fourth-order valence-electron chi connectivity index (χ4n) is 5.25. The SMILES string of the molecule is CN(C)C1C(O)=C(C(N)=O)C(=O)[C@@]2(O)C(O)=C3C(=O)c4c(O)ccc(Cl)c4[C@@H](O)[C@H]3C[C@@H]12. The summed E-state index contributed by atoms with van der Waals surface area (Å²) < 4.78 is 0. The number of rotatable bonds is 2. The molecule has 1 aromatic rings. The zero-order chi connectivity index (χ0) is 23.9. The highest BCUT2D eigenvalue weighted by Crippen LogP contribution is 2.55. The number of ketones is 2. The van der Waals surface area contributed by atoms with Crippen LogP contribution in [0.5, 0.6) is 5.75 Å². The fourth-order valence-corrected chi connectivity index (χ4v) is 5.52. The van der Waals surface area contributed by atoms with Crippen LogP contribution in [0.25, 0.3) is 0 Å². The number of aliphatic hydroxyl groups is 4. The third-order valence-electron chi connectivity index (χ3n) is 6.64. The summed E-state index contributed by atoms with van der Waals surface area (Å²) in [7, 11) is 3.03. The first-order valence-corrected chi connectivity index (χ1v) is 10.1. The van der Waals surface area contributed by atoms with Crippen molar-refractivity contribution in [3.8, 4) is 5.75 Å². The predicted octanol–water partition coefficient (Wildman–Crippen LogP) is 0.265. The topological polar surface area (TPSA) is 182 Å². The summed E-state index contributed by atoms with van der Waals surface area (Å²) in [5.74, 6) is -8.18. The van der Waals surface area contributed by atoms with Crippen LogP contribution >= 0.6 is 11.6 Å². The molecular weight excluding hydrogens is 444 g/mol. The second kappa shape index (κ2) is 7.04. The normalized spacial score (nSPS) is 32.1. The maximum absolute atomic E-state index is 13.3. The Balaban J connectivity index is 2.02. The zero-order valence-corrected chi connectivity index (χ0v) is 17.8. The van der Waals surface area contributed by atoms with Gasteiger partial charge in [0.2, 0.25) is 5.78 Å². The number of benzene rings is 1. The number of amides is 1. The van der Waals surface area contributed by atoms with Crippen LogP contribution in [0.4, 0.5) is 0 Å². The van der Waals surface area contributed by atoms with E-state index in [1.165, 1.54) is 25.1 Å². The van der Waals surface area contributed by atoms with Crippen LogP contribution in [-0.2, 0) is 9.59 Å². The van der Waals surface area contributed by atoms with E-state index < -0.39 is 75.5 Å². The average molecular weight is 465 g/mol. The van der Waals surface area contributed by atoms with Gasteiger partial charge in [-0.25, -0.2) is 0 Å². The Morgan fingerprint density at radius 2 is 1.84 bits per heavy atom. The monoisotopic (exact) mass is 464 g/mol. The van der Waals surface area contributed by atoms with E-state index in [-0.39, 0.29) is 22.6 Å². The summed E-state index contributed by atoms with van der Waals surface area (Å²) >= 11 is 6.17. The van der Waals surface area contributed by atoms with E-state index in [2.05, 4.69) is 0 Å². The van der Waals surface area contributed by atoms with E-state index in [9.17, 15) is 39.9 Å². The van der Waals surface area contributed by atoms with Gasteiger partial charge in [0.05, 0.1) is 17.7 Å². The van der Waals surface area contributed by atoms with Crippen molar-refractivity contribution in [2.24, 2.45) is 17.6 Å². The number of hydrogen-bond donors (Lipinski definition) is 6. The van der Waals surface area contributed by atoms with Gasteiger partial charge in [-0.1, -0.05) is 11.6 Å². The van der Waals surface area contributed by atoms with Crippen molar-refractivity contribution < 1.29 is 39.9 Å². The zero-order valence-electron chi connectivity index (χ0n) is 17.0. The molecule has 3 aliphatic rings. The molecule has 0 radical (unpaired) electrons. The number of nitrogens with zero attached hydrogens (tertiary/aromatic N) is 1. The molecule has 0 spiro atoms. The third kappa shape index (κ3) is 2.61. The number of likely N-dealkylation sites (N-methyl/N-ethyl adjacent to an activating group) is 1. The molecule has 0 aromatic heterocycles. The van der Waals surface area contributed by atoms with Gasteiger partial charge in [0.15, 0.2) is 11.4 Å². The van der Waals surface area contributed by atoms with Crippen LogP contribution in [0, 0.1) is 11.8 Å². The van der Waals surface area contributed by atoms with Gasteiger partial charge in [0.25, 0.3) is 5.91 Å². The number of nitrogens with two attached hydrogens (primary N) is 1. The molecule has 0 saturated heterocycles. The molecule has 7 N–H and O–H groups in total. The minimum Gasteiger partial charge on any atom is -0.510 e. The molecule has 0 aliphatic heterocycles. The number of hydrogen-bond acceptors (Lipinski definition) is 9. The van der Waals surface area contributed by atoms with Crippen LogP contribution in [-0.4, -0.2) is 73.6 Å². The summed E-state index contributed by atoms with van der Waals surface area (Å²) in [6, 6.07) is 1.30. The number of carbonyl (C=O) groups excluding carboxylic acids is 3. The third-order valence-corrected chi connectivity index (χ3v) is 6.97. The Kier molecular flexibility index (Phi) is 4.90. The van der Waals surface area contributed by atoms with Crippen LogP contribution in [0.2, 0.25) is 5.02 Å². The average Bonchev–Trinajstić information content (AvgIpc) is 2.69. The number of aliphatic hydroxyl groups excluding tert-OH is 3. The number of carbonyl (C=O) groups is 3. The highest BCUT2D eigenvalue weighted by molar-refractivity contribution is 6.33. The molecule has 0 saturated carbocycles. The lowest BCUT2D eigenvalue weighted by atomic mass is 9.58. The van der Waals surface area contributed by atoms with Gasteiger partial charge in [-0.05, 0) is 32.6 Å². The lowest BCUT2D eigenvalue weighted by molar-refractivity contribution is -0.149. The lowest BCUT2D eigenvalue weighted by Gasteiger charge is -2.50. The van der Waals surface area contributed by atoms with Gasteiger partial charge >= 0.3 is 0 Å². The number of primary amides is 1. The molecule has 32 heavy (non-hydrogen) atoms. The van der Waals surface area contributed by atoms with Gasteiger partial charge in [-0.15, -0.1) is 0 Å².